The van der Waals surface area contributed by atoms with Gasteiger partial charge in [-0.15, -0.1) is 0 Å². The molecule has 0 fully saturated rings. The maximum atomic E-state index is 11.2. The standard InChI is InChI=1S/C11H10N6O/c18-11-16-15-10-5-9(14-7-17(10)11)13-6-8-3-1-2-4-12-8/h1-5,7,13H,6H2,(H,16,18). The summed E-state index contributed by atoms with van der Waals surface area (Å²) in [5.41, 5.74) is 1.14. The molecule has 0 bridgehead atoms. The summed E-state index contributed by atoms with van der Waals surface area (Å²) in [4.78, 5) is 19.6. The highest BCUT2D eigenvalue weighted by atomic mass is 16.1. The minimum atomic E-state index is -0.297. The number of aromatic nitrogens is 5. The molecule has 0 aliphatic carbocycles. The van der Waals surface area contributed by atoms with Gasteiger partial charge >= 0.3 is 5.69 Å². The van der Waals surface area contributed by atoms with Crippen LogP contribution < -0.4 is 11.0 Å². The summed E-state index contributed by atoms with van der Waals surface area (Å²) in [6, 6.07) is 7.41. The van der Waals surface area contributed by atoms with Crippen molar-refractivity contribution in [3.05, 3.63) is 53.0 Å². The second-order valence-electron chi connectivity index (χ2n) is 3.71. The number of aromatic amines is 1. The van der Waals surface area contributed by atoms with Gasteiger partial charge in [-0.1, -0.05) is 6.07 Å². The highest BCUT2D eigenvalue weighted by Gasteiger charge is 2.02. The Kier molecular flexibility index (Phi) is 2.49. The Morgan fingerprint density at radius 1 is 1.33 bits per heavy atom. The van der Waals surface area contributed by atoms with Gasteiger partial charge in [0, 0.05) is 12.3 Å². The first kappa shape index (κ1) is 10.5. The van der Waals surface area contributed by atoms with Gasteiger partial charge in [0.2, 0.25) is 0 Å². The molecule has 7 heteroatoms. The number of fused-ring (bicyclic) bond motifs is 1. The Balaban J connectivity index is 1.81. The van der Waals surface area contributed by atoms with Crippen molar-refractivity contribution in [1.82, 2.24) is 24.6 Å². The van der Waals surface area contributed by atoms with Crippen LogP contribution in [0.3, 0.4) is 0 Å². The second-order valence-corrected chi connectivity index (χ2v) is 3.71. The third kappa shape index (κ3) is 1.93. The SMILES string of the molecule is O=c1[nH]nc2cc(NCc3ccccn3)ncn12. The number of rotatable bonds is 3. The van der Waals surface area contributed by atoms with Crippen molar-refractivity contribution in [2.45, 2.75) is 6.54 Å². The number of pyridine rings is 1. The maximum Gasteiger partial charge on any atom is 0.348 e. The number of nitrogens with zero attached hydrogens (tertiary/aromatic N) is 4. The molecular formula is C11H10N6O. The Morgan fingerprint density at radius 2 is 2.28 bits per heavy atom. The van der Waals surface area contributed by atoms with Crippen molar-refractivity contribution >= 4 is 11.5 Å². The van der Waals surface area contributed by atoms with Crippen LogP contribution in [0.25, 0.3) is 5.65 Å². The van der Waals surface area contributed by atoms with E-state index in [2.05, 4.69) is 25.5 Å². The van der Waals surface area contributed by atoms with Gasteiger partial charge in [0.15, 0.2) is 5.65 Å². The summed E-state index contributed by atoms with van der Waals surface area (Å²) in [6.07, 6.45) is 3.17. The molecule has 7 nitrogen and oxygen atoms in total. The quantitative estimate of drug-likeness (QED) is 0.695. The average Bonchev–Trinajstić information content (AvgIpc) is 2.79. The normalized spacial score (nSPS) is 10.7. The van der Waals surface area contributed by atoms with Crippen LogP contribution in [0, 0.1) is 0 Å². The van der Waals surface area contributed by atoms with Gasteiger partial charge in [-0.3, -0.25) is 4.98 Å². The predicted octanol–water partition coefficient (Wildman–Crippen LogP) is 0.425. The van der Waals surface area contributed by atoms with E-state index in [1.54, 1.807) is 12.3 Å². The van der Waals surface area contributed by atoms with Crippen LogP contribution in [0.5, 0.6) is 0 Å². The molecule has 0 saturated carbocycles. The molecule has 0 atom stereocenters. The zero-order chi connectivity index (χ0) is 12.4. The van der Waals surface area contributed by atoms with Crippen molar-refractivity contribution in [1.29, 1.82) is 0 Å². The highest BCUT2D eigenvalue weighted by molar-refractivity contribution is 5.48. The summed E-state index contributed by atoms with van der Waals surface area (Å²) >= 11 is 0. The van der Waals surface area contributed by atoms with Crippen LogP contribution in [0.2, 0.25) is 0 Å². The Morgan fingerprint density at radius 3 is 3.11 bits per heavy atom. The Hall–Kier alpha value is -2.70. The minimum absolute atomic E-state index is 0.297. The molecule has 0 aromatic carbocycles. The molecule has 3 rings (SSSR count). The predicted molar refractivity (Wildman–Crippen MR) is 65.2 cm³/mol. The maximum absolute atomic E-state index is 11.2. The van der Waals surface area contributed by atoms with Gasteiger partial charge in [-0.2, -0.15) is 5.10 Å². The number of H-pyrrole nitrogens is 1. The first-order valence-corrected chi connectivity index (χ1v) is 5.39. The lowest BCUT2D eigenvalue weighted by Gasteiger charge is -2.04. The van der Waals surface area contributed by atoms with Crippen LogP contribution in [-0.4, -0.2) is 24.6 Å². The fourth-order valence-electron chi connectivity index (χ4n) is 1.59. The molecule has 2 N–H and O–H groups in total. The molecule has 3 aromatic rings. The highest BCUT2D eigenvalue weighted by Crippen LogP contribution is 2.05. The van der Waals surface area contributed by atoms with Crippen LogP contribution in [0.1, 0.15) is 5.69 Å². The van der Waals surface area contributed by atoms with Crippen molar-refractivity contribution in [3.63, 3.8) is 0 Å². The van der Waals surface area contributed by atoms with Crippen LogP contribution in [0.15, 0.2) is 41.6 Å². The van der Waals surface area contributed by atoms with Gasteiger partial charge in [0.05, 0.1) is 12.2 Å². The molecule has 18 heavy (non-hydrogen) atoms. The van der Waals surface area contributed by atoms with E-state index >= 15 is 0 Å². The van der Waals surface area contributed by atoms with E-state index in [1.807, 2.05) is 18.2 Å². The van der Waals surface area contributed by atoms with E-state index in [9.17, 15) is 4.79 Å². The van der Waals surface area contributed by atoms with Gasteiger partial charge in [0.1, 0.15) is 12.1 Å². The number of hydrogen-bond donors (Lipinski definition) is 2. The molecular weight excluding hydrogens is 232 g/mol. The lowest BCUT2D eigenvalue weighted by atomic mass is 10.3. The number of hydrogen-bond acceptors (Lipinski definition) is 5. The van der Waals surface area contributed by atoms with Crippen LogP contribution in [-0.2, 0) is 6.54 Å². The first-order valence-electron chi connectivity index (χ1n) is 5.39. The Bertz CT molecular complexity index is 717. The molecule has 0 unspecified atom stereocenters. The van der Waals surface area contributed by atoms with Crippen LogP contribution in [0.4, 0.5) is 5.82 Å². The zero-order valence-corrected chi connectivity index (χ0v) is 9.37. The molecule has 0 amide bonds. The van der Waals surface area contributed by atoms with Crippen molar-refractivity contribution in [2.24, 2.45) is 0 Å². The van der Waals surface area contributed by atoms with E-state index < -0.39 is 0 Å². The fraction of sp³-hybridized carbons (Fsp3) is 0.0909. The van der Waals surface area contributed by atoms with E-state index in [0.717, 1.165) is 5.69 Å². The molecule has 0 aliphatic heterocycles. The largest absolute Gasteiger partial charge is 0.364 e. The van der Waals surface area contributed by atoms with Gasteiger partial charge in [-0.05, 0) is 12.1 Å². The van der Waals surface area contributed by atoms with E-state index in [0.29, 0.717) is 18.0 Å². The molecule has 0 radical (unpaired) electrons. The number of anilines is 1. The summed E-state index contributed by atoms with van der Waals surface area (Å²) in [7, 11) is 0. The molecule has 3 heterocycles. The molecule has 0 spiro atoms. The summed E-state index contributed by atoms with van der Waals surface area (Å²) in [5.74, 6) is 0.646. The van der Waals surface area contributed by atoms with Gasteiger partial charge in [0.25, 0.3) is 0 Å². The molecule has 3 aromatic heterocycles. The third-order valence-electron chi connectivity index (χ3n) is 2.49. The average molecular weight is 242 g/mol. The van der Waals surface area contributed by atoms with E-state index in [1.165, 1.54) is 10.7 Å². The zero-order valence-electron chi connectivity index (χ0n) is 9.37. The minimum Gasteiger partial charge on any atom is -0.364 e. The fourth-order valence-corrected chi connectivity index (χ4v) is 1.59. The molecule has 0 aliphatic rings. The first-order chi connectivity index (χ1) is 8.83. The van der Waals surface area contributed by atoms with Crippen molar-refractivity contribution < 1.29 is 0 Å². The third-order valence-corrected chi connectivity index (χ3v) is 2.49. The molecule has 90 valence electrons. The van der Waals surface area contributed by atoms with Gasteiger partial charge < -0.3 is 5.32 Å². The van der Waals surface area contributed by atoms with E-state index in [-0.39, 0.29) is 5.69 Å². The summed E-state index contributed by atoms with van der Waals surface area (Å²) in [5, 5.41) is 9.34. The lowest BCUT2D eigenvalue weighted by molar-refractivity contribution is 0.982. The monoisotopic (exact) mass is 242 g/mol. The smallest absolute Gasteiger partial charge is 0.348 e. The van der Waals surface area contributed by atoms with Crippen molar-refractivity contribution in [3.8, 4) is 0 Å². The summed E-state index contributed by atoms with van der Waals surface area (Å²) in [6.45, 7) is 0.568. The van der Waals surface area contributed by atoms with E-state index in [4.69, 9.17) is 0 Å². The van der Waals surface area contributed by atoms with Crippen molar-refractivity contribution in [2.75, 3.05) is 5.32 Å². The number of nitrogens with one attached hydrogen (secondary N) is 2. The van der Waals surface area contributed by atoms with Gasteiger partial charge in [-0.25, -0.2) is 19.3 Å². The summed E-state index contributed by atoms with van der Waals surface area (Å²) < 4.78 is 1.34. The molecule has 0 saturated heterocycles. The van der Waals surface area contributed by atoms with Crippen LogP contribution >= 0.6 is 0 Å². The topological polar surface area (TPSA) is 88.0 Å². The second kappa shape index (κ2) is 4.28. The lowest BCUT2D eigenvalue weighted by Crippen LogP contribution is -2.10. The Labute approximate surface area is 102 Å².